The molecule has 1 aromatic heterocycles. The number of carbonyl (C=O) groups is 3. The summed E-state index contributed by atoms with van der Waals surface area (Å²) in [6.45, 7) is 7.61. The zero-order valence-corrected chi connectivity index (χ0v) is 20.0. The van der Waals surface area contributed by atoms with Gasteiger partial charge in [0.25, 0.3) is 5.91 Å². The second-order valence-corrected chi connectivity index (χ2v) is 9.94. The van der Waals surface area contributed by atoms with Gasteiger partial charge in [-0.25, -0.2) is 4.98 Å². The van der Waals surface area contributed by atoms with Crippen molar-refractivity contribution in [3.63, 3.8) is 0 Å². The van der Waals surface area contributed by atoms with Crippen molar-refractivity contribution in [2.24, 2.45) is 0 Å². The smallest absolute Gasteiger partial charge is 0.306 e. The predicted molar refractivity (Wildman–Crippen MR) is 125 cm³/mol. The van der Waals surface area contributed by atoms with E-state index in [4.69, 9.17) is 0 Å². The third-order valence-corrected chi connectivity index (χ3v) is 6.71. The Hall–Kier alpha value is -2.74. The van der Waals surface area contributed by atoms with Crippen molar-refractivity contribution >= 4 is 34.8 Å². The van der Waals surface area contributed by atoms with Gasteiger partial charge in [0.15, 0.2) is 0 Å². The molecule has 1 fully saturated rings. The first-order valence-corrected chi connectivity index (χ1v) is 11.8. The molecule has 1 aromatic carbocycles. The van der Waals surface area contributed by atoms with Crippen LogP contribution < -0.4 is 5.32 Å². The van der Waals surface area contributed by atoms with Crippen LogP contribution in [0.25, 0.3) is 0 Å². The SMILES string of the molecule is COC(=O)CCC(=O)N1CCC(c2nc(C(=O)Nc3ccccc3C(C)(C)C)cs2)CC1. The summed E-state index contributed by atoms with van der Waals surface area (Å²) in [5.41, 5.74) is 2.22. The minimum absolute atomic E-state index is 0.0226. The number of anilines is 1. The number of ether oxygens (including phenoxy) is 1. The zero-order valence-electron chi connectivity index (χ0n) is 19.1. The predicted octanol–water partition coefficient (Wildman–Crippen LogP) is 4.35. The summed E-state index contributed by atoms with van der Waals surface area (Å²) in [5.74, 6) is -0.370. The van der Waals surface area contributed by atoms with Gasteiger partial charge in [-0.2, -0.15) is 0 Å². The molecule has 0 spiro atoms. The molecule has 0 radical (unpaired) electrons. The van der Waals surface area contributed by atoms with Gasteiger partial charge in [0.2, 0.25) is 5.91 Å². The zero-order chi connectivity index (χ0) is 23.3. The lowest BCUT2D eigenvalue weighted by Crippen LogP contribution is -2.38. The van der Waals surface area contributed by atoms with Crippen molar-refractivity contribution in [1.29, 1.82) is 0 Å². The van der Waals surface area contributed by atoms with Crippen molar-refractivity contribution in [3.05, 3.63) is 45.9 Å². The normalized spacial score (nSPS) is 14.8. The highest BCUT2D eigenvalue weighted by Gasteiger charge is 2.27. The molecule has 0 unspecified atom stereocenters. The van der Waals surface area contributed by atoms with Gasteiger partial charge in [-0.3, -0.25) is 14.4 Å². The Bertz CT molecular complexity index is 972. The van der Waals surface area contributed by atoms with E-state index >= 15 is 0 Å². The molecule has 7 nitrogen and oxygen atoms in total. The highest BCUT2D eigenvalue weighted by atomic mass is 32.1. The van der Waals surface area contributed by atoms with E-state index in [2.05, 4.69) is 35.8 Å². The van der Waals surface area contributed by atoms with Crippen LogP contribution in [0.4, 0.5) is 5.69 Å². The van der Waals surface area contributed by atoms with Crippen molar-refractivity contribution in [2.45, 2.75) is 57.8 Å². The molecule has 1 aliphatic heterocycles. The number of para-hydroxylation sites is 1. The van der Waals surface area contributed by atoms with Gasteiger partial charge in [-0.1, -0.05) is 39.0 Å². The number of esters is 1. The number of rotatable bonds is 6. The molecule has 0 atom stereocenters. The van der Waals surface area contributed by atoms with Gasteiger partial charge in [0.1, 0.15) is 5.69 Å². The van der Waals surface area contributed by atoms with E-state index in [1.165, 1.54) is 18.4 Å². The van der Waals surface area contributed by atoms with Crippen LogP contribution in [0.3, 0.4) is 0 Å². The Labute approximate surface area is 193 Å². The number of likely N-dealkylation sites (tertiary alicyclic amines) is 1. The molecule has 32 heavy (non-hydrogen) atoms. The monoisotopic (exact) mass is 457 g/mol. The molecule has 2 aromatic rings. The molecule has 2 amide bonds. The van der Waals surface area contributed by atoms with Crippen LogP contribution in [0.1, 0.15) is 73.4 Å². The van der Waals surface area contributed by atoms with E-state index in [0.717, 1.165) is 29.1 Å². The van der Waals surface area contributed by atoms with Crippen molar-refractivity contribution in [2.75, 3.05) is 25.5 Å². The van der Waals surface area contributed by atoms with Crippen LogP contribution >= 0.6 is 11.3 Å². The Morgan fingerprint density at radius 3 is 2.50 bits per heavy atom. The summed E-state index contributed by atoms with van der Waals surface area (Å²) in [4.78, 5) is 42.7. The number of benzene rings is 1. The largest absolute Gasteiger partial charge is 0.469 e. The fourth-order valence-corrected chi connectivity index (χ4v) is 4.83. The van der Waals surface area contributed by atoms with E-state index in [0.29, 0.717) is 18.8 Å². The van der Waals surface area contributed by atoms with Crippen molar-refractivity contribution in [3.8, 4) is 0 Å². The number of thiazole rings is 1. The molecular weight excluding hydrogens is 426 g/mol. The van der Waals surface area contributed by atoms with Gasteiger partial charge in [0, 0.05) is 36.5 Å². The van der Waals surface area contributed by atoms with Gasteiger partial charge >= 0.3 is 5.97 Å². The molecule has 1 N–H and O–H groups in total. The van der Waals surface area contributed by atoms with Crippen LogP contribution in [0.5, 0.6) is 0 Å². The minimum Gasteiger partial charge on any atom is -0.469 e. The number of carbonyl (C=O) groups excluding carboxylic acids is 3. The highest BCUT2D eigenvalue weighted by molar-refractivity contribution is 7.10. The minimum atomic E-state index is -0.369. The van der Waals surface area contributed by atoms with Crippen LogP contribution in [0.2, 0.25) is 0 Å². The van der Waals surface area contributed by atoms with Gasteiger partial charge in [-0.15, -0.1) is 11.3 Å². The lowest BCUT2D eigenvalue weighted by Gasteiger charge is -2.31. The third-order valence-electron chi connectivity index (χ3n) is 5.71. The third kappa shape index (κ3) is 5.94. The second-order valence-electron chi connectivity index (χ2n) is 9.05. The molecule has 2 heterocycles. The fraction of sp³-hybridized carbons (Fsp3) is 0.500. The molecule has 3 rings (SSSR count). The molecule has 8 heteroatoms. The standard InChI is InChI=1S/C24H31N3O4S/c1-24(2,3)17-7-5-6-8-18(17)25-22(30)19-15-32-23(26-19)16-11-13-27(14-12-16)20(28)9-10-21(29)31-4/h5-8,15-16H,9-14H2,1-4H3,(H,25,30). The van der Waals surface area contributed by atoms with Crippen molar-refractivity contribution in [1.82, 2.24) is 9.88 Å². The lowest BCUT2D eigenvalue weighted by atomic mass is 9.86. The summed E-state index contributed by atoms with van der Waals surface area (Å²) in [6.07, 6.45) is 1.88. The number of nitrogens with zero attached hydrogens (tertiary/aromatic N) is 2. The molecular formula is C24H31N3O4S. The Morgan fingerprint density at radius 1 is 1.16 bits per heavy atom. The van der Waals surface area contributed by atoms with Crippen LogP contribution in [0.15, 0.2) is 29.6 Å². The molecule has 1 saturated heterocycles. The van der Waals surface area contributed by atoms with Gasteiger partial charge < -0.3 is 15.0 Å². The van der Waals surface area contributed by atoms with E-state index in [9.17, 15) is 14.4 Å². The first kappa shape index (κ1) is 23.9. The number of nitrogens with one attached hydrogen (secondary N) is 1. The maximum Gasteiger partial charge on any atom is 0.306 e. The second kappa shape index (κ2) is 10.3. The average molecular weight is 458 g/mol. The summed E-state index contributed by atoms with van der Waals surface area (Å²) in [6, 6.07) is 7.84. The van der Waals surface area contributed by atoms with Gasteiger partial charge in [0.05, 0.1) is 18.5 Å². The maximum absolute atomic E-state index is 12.8. The molecule has 0 saturated carbocycles. The summed E-state index contributed by atoms with van der Waals surface area (Å²) < 4.78 is 4.60. The van der Waals surface area contributed by atoms with E-state index in [-0.39, 0.29) is 42.0 Å². The average Bonchev–Trinajstić information content (AvgIpc) is 3.27. The number of hydrogen-bond donors (Lipinski definition) is 1. The van der Waals surface area contributed by atoms with Gasteiger partial charge in [-0.05, 0) is 29.9 Å². The molecule has 172 valence electrons. The van der Waals surface area contributed by atoms with Crippen molar-refractivity contribution < 1.29 is 19.1 Å². The van der Waals surface area contributed by atoms with Crippen LogP contribution in [-0.2, 0) is 19.7 Å². The number of aromatic nitrogens is 1. The van der Waals surface area contributed by atoms with Crippen LogP contribution in [-0.4, -0.2) is 47.9 Å². The Balaban J connectivity index is 1.57. The van der Waals surface area contributed by atoms with E-state index in [1.54, 1.807) is 10.3 Å². The first-order valence-electron chi connectivity index (χ1n) is 10.9. The Kier molecular flexibility index (Phi) is 7.66. The summed E-state index contributed by atoms with van der Waals surface area (Å²) in [5, 5.41) is 5.75. The van der Waals surface area contributed by atoms with Crippen LogP contribution in [0, 0.1) is 0 Å². The number of piperidine rings is 1. The fourth-order valence-electron chi connectivity index (χ4n) is 3.86. The highest BCUT2D eigenvalue weighted by Crippen LogP contribution is 2.32. The molecule has 1 aliphatic rings. The quantitative estimate of drug-likeness (QED) is 0.652. The summed E-state index contributed by atoms with van der Waals surface area (Å²) >= 11 is 1.49. The number of hydrogen-bond acceptors (Lipinski definition) is 6. The molecule has 0 bridgehead atoms. The first-order chi connectivity index (χ1) is 15.2. The Morgan fingerprint density at radius 2 is 1.84 bits per heavy atom. The number of methoxy groups -OCH3 is 1. The maximum atomic E-state index is 12.8. The topological polar surface area (TPSA) is 88.6 Å². The number of amides is 2. The molecule has 0 aliphatic carbocycles. The lowest BCUT2D eigenvalue weighted by molar-refractivity contribution is -0.143. The van der Waals surface area contributed by atoms with E-state index < -0.39 is 0 Å². The van der Waals surface area contributed by atoms with E-state index in [1.807, 2.05) is 24.3 Å². The summed E-state index contributed by atoms with van der Waals surface area (Å²) in [7, 11) is 1.32.